The number of allylic oxidation sites excluding steroid dienone is 15. The lowest BCUT2D eigenvalue weighted by Crippen LogP contribution is -2.45. The van der Waals surface area contributed by atoms with Gasteiger partial charge in [0.1, 0.15) is 0 Å². The summed E-state index contributed by atoms with van der Waals surface area (Å²) in [7, 11) is 0. The van der Waals surface area contributed by atoms with Crippen molar-refractivity contribution in [2.45, 2.75) is 133 Å². The molecule has 0 aliphatic heterocycles. The van der Waals surface area contributed by atoms with E-state index in [1.165, 1.54) is 151 Å². The summed E-state index contributed by atoms with van der Waals surface area (Å²) in [6.45, 7) is 4.68. The van der Waals surface area contributed by atoms with Crippen molar-refractivity contribution in [3.8, 4) is 11.1 Å². The van der Waals surface area contributed by atoms with Gasteiger partial charge in [-0.05, 0) is 229 Å². The maximum Gasteiger partial charge on any atom is 0.0670 e. The number of benzene rings is 10. The molecule has 4 heteroatoms. The van der Waals surface area contributed by atoms with Gasteiger partial charge in [-0.3, -0.25) is 0 Å². The smallest absolute Gasteiger partial charge is 0.0670 e. The normalized spacial score (nSPS) is 22.0. The van der Waals surface area contributed by atoms with Crippen LogP contribution >= 0.6 is 0 Å². The van der Waals surface area contributed by atoms with Gasteiger partial charge in [0.05, 0.1) is 23.2 Å². The fourth-order valence-electron chi connectivity index (χ4n) is 19.8. The molecule has 4 nitrogen and oxygen atoms in total. The van der Waals surface area contributed by atoms with Gasteiger partial charge < -0.3 is 19.6 Å². The van der Waals surface area contributed by atoms with Gasteiger partial charge >= 0.3 is 0 Å². The van der Waals surface area contributed by atoms with E-state index in [2.05, 4.69) is 367 Å². The van der Waals surface area contributed by atoms with Crippen LogP contribution in [0.25, 0.3) is 38.2 Å². The van der Waals surface area contributed by atoms with Crippen LogP contribution in [0.3, 0.4) is 0 Å². The zero-order valence-electron chi connectivity index (χ0n) is 61.5. The Bertz CT molecular complexity index is 5220. The minimum absolute atomic E-state index is 0.0735. The Kier molecular flexibility index (Phi) is 18.7. The van der Waals surface area contributed by atoms with Crippen molar-refractivity contribution in [1.29, 1.82) is 0 Å². The molecule has 0 spiro atoms. The SMILES string of the molecule is CCCC1C(N(C2=CCC(c3ccc(N(c4cccc5ccccc45)C4C=CC(C5(C6=CCC(N(C7=C8CCCCC8CC=C7)C7C=CC(c8ccc(N(c9ccccc9)c9cccc%10ccccc9%10)cc8)=CC7)CC6)c6ccccc6-c6ccccc65)=CC4)cc3)C=C2)c2ccccc2)=CC=CC1CC. The van der Waals surface area contributed by atoms with Crippen LogP contribution < -0.4 is 14.7 Å². The molecule has 106 heavy (non-hydrogen) atoms. The third-order valence-corrected chi connectivity index (χ3v) is 24.8. The number of para-hydroxylation sites is 2. The Hall–Kier alpha value is -10.9. The van der Waals surface area contributed by atoms with E-state index in [0.29, 0.717) is 23.8 Å². The molecule has 7 unspecified atom stereocenters. The van der Waals surface area contributed by atoms with Crippen LogP contribution in [0.2, 0.25) is 0 Å². The molecular formula is C102H96N4. The first-order chi connectivity index (χ1) is 52.5. The van der Waals surface area contributed by atoms with Gasteiger partial charge in [-0.1, -0.05) is 287 Å². The number of nitrogens with zero attached hydrogens (tertiary/aromatic N) is 4. The Balaban J connectivity index is 0.647. The number of fused-ring (bicyclic) bond motifs is 6. The van der Waals surface area contributed by atoms with Crippen molar-refractivity contribution in [2.24, 2.45) is 17.8 Å². The molecule has 0 saturated heterocycles. The maximum atomic E-state index is 2.93. The average molecular weight is 1380 g/mol. The summed E-state index contributed by atoms with van der Waals surface area (Å²) in [6.07, 6.45) is 53.2. The summed E-state index contributed by atoms with van der Waals surface area (Å²) in [6, 6.07) is 91.5. The van der Waals surface area contributed by atoms with E-state index in [0.717, 1.165) is 56.3 Å². The standard InChI is InChI=1S/C102H96N4/c1-3-25-90-72(4-2)29-21-44-98(90)103(82-33-7-5-8-34-82)84-60-48-73(49-61-84)75-52-64-86(65-53-75)105(100-46-23-31-78-27-12-15-38-92(78)100)88-68-56-80(57-69-88)102(96-42-19-17-40-94(96)95-41-18-20-43-97(95)102)81-58-70-89(71-59-81)106(101-47-24-32-79-28-13-16-39-93(79)101)87-66-54-76(55-67-87)74-50-62-85(63-51-74)104(83-35-9-6-10-36-83)99-45-22-30-77-26-11-14-37-91(77)99/h5-12,14-15,17-24,26-27,29-31,33-38,40-48,50-58,60-66,68,72-73,79,87-90H,3-4,13,16,25,28,32,39,49,59,67,69-71H2,1-2H3. The van der Waals surface area contributed by atoms with E-state index < -0.39 is 5.41 Å². The Morgan fingerprint density at radius 2 is 1.10 bits per heavy atom. The van der Waals surface area contributed by atoms with Crippen LogP contribution in [0, 0.1) is 17.8 Å². The highest BCUT2D eigenvalue weighted by Crippen LogP contribution is 2.60. The average Bonchev–Trinajstić information content (AvgIpc) is 1.53. The van der Waals surface area contributed by atoms with Gasteiger partial charge in [0.25, 0.3) is 0 Å². The molecule has 18 rings (SSSR count). The highest BCUT2D eigenvalue weighted by molar-refractivity contribution is 6.00. The first kappa shape index (κ1) is 67.0. The van der Waals surface area contributed by atoms with Crippen LogP contribution in [0.15, 0.2) is 368 Å². The van der Waals surface area contributed by atoms with Crippen LogP contribution in [0.5, 0.6) is 0 Å². The molecule has 0 heterocycles. The Morgan fingerprint density at radius 1 is 0.462 bits per heavy atom. The summed E-state index contributed by atoms with van der Waals surface area (Å²) in [5, 5.41) is 5.00. The molecule has 0 amide bonds. The van der Waals surface area contributed by atoms with E-state index in [9.17, 15) is 0 Å². The van der Waals surface area contributed by atoms with Crippen molar-refractivity contribution in [3.63, 3.8) is 0 Å². The minimum Gasteiger partial charge on any atom is -0.361 e. The van der Waals surface area contributed by atoms with Gasteiger partial charge in [0, 0.05) is 74.2 Å². The van der Waals surface area contributed by atoms with Gasteiger partial charge in [0.15, 0.2) is 0 Å². The second kappa shape index (κ2) is 29.5. The van der Waals surface area contributed by atoms with Crippen molar-refractivity contribution in [3.05, 3.63) is 390 Å². The van der Waals surface area contributed by atoms with E-state index in [1.54, 1.807) is 11.1 Å². The van der Waals surface area contributed by atoms with Crippen LogP contribution in [-0.2, 0) is 5.41 Å². The molecule has 7 atom stereocenters. The van der Waals surface area contributed by atoms with Crippen LogP contribution in [0.4, 0.5) is 34.1 Å². The fraction of sp³-hybridized carbons (Fsp3) is 0.235. The third-order valence-electron chi connectivity index (χ3n) is 24.8. The number of hydrogen-bond donors (Lipinski definition) is 0. The fourth-order valence-corrected chi connectivity index (χ4v) is 19.8. The van der Waals surface area contributed by atoms with E-state index in [4.69, 9.17) is 0 Å². The molecule has 0 N–H and O–H groups in total. The van der Waals surface area contributed by atoms with Gasteiger partial charge in [0.2, 0.25) is 0 Å². The molecule has 8 aliphatic carbocycles. The highest BCUT2D eigenvalue weighted by Gasteiger charge is 2.49. The van der Waals surface area contributed by atoms with E-state index >= 15 is 0 Å². The van der Waals surface area contributed by atoms with Crippen LogP contribution in [-0.4, -0.2) is 23.0 Å². The summed E-state index contributed by atoms with van der Waals surface area (Å²) in [5.74, 6) is 1.93. The second-order valence-corrected chi connectivity index (χ2v) is 30.7. The van der Waals surface area contributed by atoms with Gasteiger partial charge in [-0.15, -0.1) is 0 Å². The quantitative estimate of drug-likeness (QED) is 0.0748. The monoisotopic (exact) mass is 1380 g/mol. The van der Waals surface area contributed by atoms with E-state index in [1.807, 2.05) is 0 Å². The number of rotatable bonds is 19. The minimum atomic E-state index is -0.429. The maximum absolute atomic E-state index is 2.93. The van der Waals surface area contributed by atoms with Gasteiger partial charge in [-0.2, -0.15) is 0 Å². The molecule has 10 aromatic rings. The highest BCUT2D eigenvalue weighted by atomic mass is 15.2. The first-order valence-corrected chi connectivity index (χ1v) is 39.8. The topological polar surface area (TPSA) is 13.0 Å². The zero-order chi connectivity index (χ0) is 70.9. The molecule has 1 fully saturated rings. The number of anilines is 6. The Labute approximate surface area is 628 Å². The second-order valence-electron chi connectivity index (χ2n) is 30.7. The molecule has 8 aliphatic rings. The lowest BCUT2D eigenvalue weighted by Gasteiger charge is -2.47. The lowest BCUT2D eigenvalue weighted by atomic mass is 9.63. The van der Waals surface area contributed by atoms with Crippen molar-refractivity contribution in [1.82, 2.24) is 4.90 Å². The zero-order valence-corrected chi connectivity index (χ0v) is 61.5. The third kappa shape index (κ3) is 12.3. The molecule has 524 valence electrons. The molecule has 0 aromatic heterocycles. The summed E-state index contributed by atoms with van der Waals surface area (Å²) >= 11 is 0. The summed E-state index contributed by atoms with van der Waals surface area (Å²) < 4.78 is 0. The van der Waals surface area contributed by atoms with E-state index in [-0.39, 0.29) is 18.0 Å². The predicted molar refractivity (Wildman–Crippen MR) is 448 cm³/mol. The first-order valence-electron chi connectivity index (χ1n) is 39.8. The van der Waals surface area contributed by atoms with Crippen LogP contribution in [0.1, 0.15) is 132 Å². The number of hydrogen-bond acceptors (Lipinski definition) is 4. The summed E-state index contributed by atoms with van der Waals surface area (Å²) in [4.78, 5) is 10.5. The summed E-state index contributed by atoms with van der Waals surface area (Å²) in [5.41, 5.74) is 25.0. The lowest BCUT2D eigenvalue weighted by molar-refractivity contribution is 0.194. The molecule has 10 aromatic carbocycles. The van der Waals surface area contributed by atoms with Crippen molar-refractivity contribution >= 4 is 61.2 Å². The molecule has 0 bridgehead atoms. The van der Waals surface area contributed by atoms with Gasteiger partial charge in [-0.25, -0.2) is 0 Å². The Morgan fingerprint density at radius 3 is 1.76 bits per heavy atom. The van der Waals surface area contributed by atoms with Crippen molar-refractivity contribution in [2.75, 3.05) is 14.7 Å². The molecule has 1 saturated carbocycles. The molecular weight excluding hydrogens is 1280 g/mol. The predicted octanol–water partition coefficient (Wildman–Crippen LogP) is 26.7. The molecule has 0 radical (unpaired) electrons. The van der Waals surface area contributed by atoms with Crippen molar-refractivity contribution < 1.29 is 0 Å². The largest absolute Gasteiger partial charge is 0.361 e.